The lowest BCUT2D eigenvalue weighted by atomic mass is 10.2. The zero-order valence-electron chi connectivity index (χ0n) is 19.0. The Bertz CT molecular complexity index is 1320. The second kappa shape index (κ2) is 11.8. The summed E-state index contributed by atoms with van der Waals surface area (Å²) in [4.78, 5) is 12.6. The maximum absolute atomic E-state index is 13.5. The summed E-state index contributed by atoms with van der Waals surface area (Å²) in [5.41, 5.74) is 3.39. The number of phenols is 1. The van der Waals surface area contributed by atoms with E-state index in [4.69, 9.17) is 9.47 Å². The monoisotopic (exact) mass is 561 g/mol. The van der Waals surface area contributed by atoms with Gasteiger partial charge in [0.25, 0.3) is 5.91 Å². The van der Waals surface area contributed by atoms with Gasteiger partial charge in [0, 0.05) is 22.6 Å². The molecule has 3 aromatic rings. The average Bonchev–Trinajstić information content (AvgIpc) is 2.85. The smallest absolute Gasteiger partial charge is 0.255 e. The van der Waals surface area contributed by atoms with Crippen molar-refractivity contribution in [2.45, 2.75) is 11.4 Å². The van der Waals surface area contributed by atoms with Crippen LogP contribution < -0.4 is 14.9 Å². The maximum atomic E-state index is 13.5. The summed E-state index contributed by atoms with van der Waals surface area (Å²) in [6.07, 6.45) is 1.27. The molecule has 11 heteroatoms. The van der Waals surface area contributed by atoms with E-state index in [0.717, 1.165) is 8.78 Å². The number of phenolic OH excluding ortho intramolecular Hbond substituents is 1. The molecule has 1 amide bonds. The Morgan fingerprint density at radius 2 is 1.77 bits per heavy atom. The molecule has 0 spiro atoms. The quantitative estimate of drug-likeness (QED) is 0.289. The molecule has 0 unspecified atom stereocenters. The Hall–Kier alpha value is -3.41. The van der Waals surface area contributed by atoms with E-state index in [1.54, 1.807) is 36.4 Å². The molecule has 0 fully saturated rings. The number of hydrogen-bond donors (Lipinski definition) is 2. The topological polar surface area (TPSA) is 118 Å². The molecule has 0 saturated carbocycles. The molecular formula is C24H24BrN3O6S. The molecule has 0 radical (unpaired) electrons. The molecule has 0 atom stereocenters. The summed E-state index contributed by atoms with van der Waals surface area (Å²) in [5, 5.41) is 13.7. The van der Waals surface area contributed by atoms with Crippen molar-refractivity contribution in [3.05, 3.63) is 82.3 Å². The van der Waals surface area contributed by atoms with Gasteiger partial charge in [0.15, 0.2) is 11.5 Å². The van der Waals surface area contributed by atoms with Gasteiger partial charge in [-0.1, -0.05) is 46.3 Å². The largest absolute Gasteiger partial charge is 0.507 e. The second-order valence-corrected chi connectivity index (χ2v) is 10.1. The van der Waals surface area contributed by atoms with Crippen LogP contribution in [0, 0.1) is 0 Å². The van der Waals surface area contributed by atoms with Crippen LogP contribution in [-0.2, 0) is 21.4 Å². The van der Waals surface area contributed by atoms with Crippen molar-refractivity contribution < 1.29 is 27.8 Å². The number of benzene rings is 3. The molecule has 0 aliphatic heterocycles. The molecule has 3 rings (SSSR count). The predicted molar refractivity (Wildman–Crippen MR) is 135 cm³/mol. The molecule has 0 bridgehead atoms. The van der Waals surface area contributed by atoms with Crippen LogP contribution in [0.2, 0.25) is 0 Å². The molecule has 3 aromatic carbocycles. The second-order valence-electron chi connectivity index (χ2n) is 7.27. The molecule has 0 saturated heterocycles. The highest BCUT2D eigenvalue weighted by Crippen LogP contribution is 2.31. The molecule has 0 aliphatic rings. The number of nitrogens with one attached hydrogen (secondary N) is 1. The minimum Gasteiger partial charge on any atom is -0.507 e. The standard InChI is InChI=1S/C24H24BrN3O6S/c1-33-22-11-9-20(13-23(22)34-2)35(31,32)28(15-17-6-4-3-5-7-17)16-24(30)27-26-14-18-12-19(25)8-10-21(18)29/h3-14,29H,15-16H2,1-2H3,(H,27,30)/b26-14-. The van der Waals surface area contributed by atoms with E-state index in [0.29, 0.717) is 16.9 Å². The van der Waals surface area contributed by atoms with Gasteiger partial charge < -0.3 is 14.6 Å². The Morgan fingerprint density at radius 1 is 1.06 bits per heavy atom. The van der Waals surface area contributed by atoms with E-state index in [1.165, 1.54) is 44.7 Å². The summed E-state index contributed by atoms with van der Waals surface area (Å²) in [6.45, 7) is -0.533. The number of carbonyl (C=O) groups excluding carboxylic acids is 1. The number of sulfonamides is 1. The first-order chi connectivity index (χ1) is 16.7. The number of hydrogen-bond acceptors (Lipinski definition) is 7. The van der Waals surface area contributed by atoms with Crippen LogP contribution in [0.15, 0.2) is 81.2 Å². The van der Waals surface area contributed by atoms with E-state index in [2.05, 4.69) is 26.5 Å². The Labute approximate surface area is 212 Å². The minimum absolute atomic E-state index is 0.0204. The highest BCUT2D eigenvalue weighted by Gasteiger charge is 2.28. The third-order valence-electron chi connectivity index (χ3n) is 4.90. The van der Waals surface area contributed by atoms with Gasteiger partial charge in [-0.3, -0.25) is 4.79 Å². The number of methoxy groups -OCH3 is 2. The number of amides is 1. The van der Waals surface area contributed by atoms with Gasteiger partial charge in [-0.2, -0.15) is 9.41 Å². The fraction of sp³-hybridized carbons (Fsp3) is 0.167. The number of carbonyl (C=O) groups is 1. The van der Waals surface area contributed by atoms with Crippen LogP contribution in [-0.4, -0.2) is 50.7 Å². The van der Waals surface area contributed by atoms with E-state index in [-0.39, 0.29) is 22.9 Å². The van der Waals surface area contributed by atoms with E-state index >= 15 is 0 Å². The fourth-order valence-corrected chi connectivity index (χ4v) is 4.92. The van der Waals surface area contributed by atoms with Gasteiger partial charge in [0.2, 0.25) is 10.0 Å². The molecule has 0 heterocycles. The first kappa shape index (κ1) is 26.2. The Kier molecular flexibility index (Phi) is 8.85. The summed E-state index contributed by atoms with van der Waals surface area (Å²) < 4.78 is 39.2. The molecule has 0 aliphatic carbocycles. The summed E-state index contributed by atoms with van der Waals surface area (Å²) in [6, 6.07) is 17.9. The van der Waals surface area contributed by atoms with Crippen LogP contribution in [0.25, 0.3) is 0 Å². The van der Waals surface area contributed by atoms with E-state index in [1.807, 2.05) is 6.07 Å². The lowest BCUT2D eigenvalue weighted by Crippen LogP contribution is -2.39. The lowest BCUT2D eigenvalue weighted by molar-refractivity contribution is -0.121. The van der Waals surface area contributed by atoms with Crippen molar-refractivity contribution in [1.29, 1.82) is 0 Å². The van der Waals surface area contributed by atoms with Crippen molar-refractivity contribution in [1.82, 2.24) is 9.73 Å². The third kappa shape index (κ3) is 6.81. The molecule has 35 heavy (non-hydrogen) atoms. The van der Waals surface area contributed by atoms with Gasteiger partial charge in [-0.05, 0) is 35.9 Å². The van der Waals surface area contributed by atoms with Crippen molar-refractivity contribution >= 4 is 38.1 Å². The molecule has 9 nitrogen and oxygen atoms in total. The Balaban J connectivity index is 1.84. The normalized spacial score (nSPS) is 11.5. The van der Waals surface area contributed by atoms with E-state index < -0.39 is 22.5 Å². The first-order valence-electron chi connectivity index (χ1n) is 10.3. The van der Waals surface area contributed by atoms with Crippen molar-refractivity contribution in [3.8, 4) is 17.2 Å². The maximum Gasteiger partial charge on any atom is 0.255 e. The summed E-state index contributed by atoms with van der Waals surface area (Å²) >= 11 is 3.29. The van der Waals surface area contributed by atoms with Crippen molar-refractivity contribution in [2.75, 3.05) is 20.8 Å². The van der Waals surface area contributed by atoms with Crippen molar-refractivity contribution in [3.63, 3.8) is 0 Å². The van der Waals surface area contributed by atoms with Crippen LogP contribution >= 0.6 is 15.9 Å². The third-order valence-corrected chi connectivity index (χ3v) is 7.18. The summed E-state index contributed by atoms with van der Waals surface area (Å²) in [7, 11) is -1.24. The number of ether oxygens (including phenoxy) is 2. The SMILES string of the molecule is COc1ccc(S(=O)(=O)N(CC(=O)N/N=C\c2cc(Br)ccc2O)Cc2ccccc2)cc1OC. The highest BCUT2D eigenvalue weighted by molar-refractivity contribution is 9.10. The van der Waals surface area contributed by atoms with Gasteiger partial charge in [-0.15, -0.1) is 0 Å². The van der Waals surface area contributed by atoms with E-state index in [9.17, 15) is 18.3 Å². The van der Waals surface area contributed by atoms with Crippen molar-refractivity contribution in [2.24, 2.45) is 5.10 Å². The predicted octanol–water partition coefficient (Wildman–Crippen LogP) is 3.51. The molecular weight excluding hydrogens is 538 g/mol. The summed E-state index contributed by atoms with van der Waals surface area (Å²) in [5.74, 6) is -0.0521. The molecule has 184 valence electrons. The number of nitrogens with zero attached hydrogens (tertiary/aromatic N) is 2. The van der Waals surface area contributed by atoms with Gasteiger partial charge in [0.1, 0.15) is 5.75 Å². The zero-order chi connectivity index (χ0) is 25.4. The van der Waals surface area contributed by atoms with Gasteiger partial charge in [-0.25, -0.2) is 13.8 Å². The van der Waals surface area contributed by atoms with Crippen LogP contribution in [0.4, 0.5) is 0 Å². The minimum atomic E-state index is -4.10. The zero-order valence-corrected chi connectivity index (χ0v) is 21.4. The molecule has 2 N–H and O–H groups in total. The Morgan fingerprint density at radius 3 is 2.46 bits per heavy atom. The highest BCUT2D eigenvalue weighted by atomic mass is 79.9. The van der Waals surface area contributed by atoms with Crippen LogP contribution in [0.3, 0.4) is 0 Å². The number of hydrazone groups is 1. The first-order valence-corrected chi connectivity index (χ1v) is 12.5. The van der Waals surface area contributed by atoms with Crippen LogP contribution in [0.5, 0.6) is 17.2 Å². The number of aromatic hydroxyl groups is 1. The average molecular weight is 562 g/mol. The number of rotatable bonds is 10. The van der Waals surface area contributed by atoms with Crippen LogP contribution in [0.1, 0.15) is 11.1 Å². The van der Waals surface area contributed by atoms with Gasteiger partial charge in [0.05, 0.1) is 31.9 Å². The fourth-order valence-electron chi connectivity index (χ4n) is 3.14. The lowest BCUT2D eigenvalue weighted by Gasteiger charge is -2.22. The molecule has 0 aromatic heterocycles. The van der Waals surface area contributed by atoms with Gasteiger partial charge >= 0.3 is 0 Å². The number of halogens is 1.